The number of hydrogen-bond donors (Lipinski definition) is 0. The van der Waals surface area contributed by atoms with Gasteiger partial charge in [-0.2, -0.15) is 0 Å². The van der Waals surface area contributed by atoms with Gasteiger partial charge in [-0.05, 0) is 26.3 Å². The molecule has 0 saturated carbocycles. The van der Waals surface area contributed by atoms with Crippen molar-refractivity contribution in [2.75, 3.05) is 0 Å². The first kappa shape index (κ1) is 9.60. The lowest BCUT2D eigenvalue weighted by atomic mass is 10.0. The van der Waals surface area contributed by atoms with Gasteiger partial charge >= 0.3 is 0 Å². The number of fused-ring (bicyclic) bond motifs is 2. The first-order valence-electron chi connectivity index (χ1n) is 5.39. The van der Waals surface area contributed by atoms with Gasteiger partial charge in [0, 0.05) is 0 Å². The molecule has 2 rings (SSSR count). The normalized spacial score (nSPS) is 41.0. The molecule has 84 valence electrons. The summed E-state index contributed by atoms with van der Waals surface area (Å²) in [6, 6.07) is 0. The maximum atomic E-state index is 12.4. The van der Waals surface area contributed by atoms with E-state index in [2.05, 4.69) is 6.58 Å². The van der Waals surface area contributed by atoms with E-state index in [1.165, 1.54) is 0 Å². The minimum Gasteiger partial charge on any atom is -0.361 e. The molecule has 0 spiro atoms. The van der Waals surface area contributed by atoms with Gasteiger partial charge in [0.2, 0.25) is 0 Å². The zero-order valence-corrected chi connectivity index (χ0v) is 9.97. The van der Waals surface area contributed by atoms with Crippen molar-refractivity contribution in [2.24, 2.45) is 0 Å². The van der Waals surface area contributed by atoms with Crippen molar-refractivity contribution in [1.29, 1.82) is 0 Å². The largest absolute Gasteiger partial charge is 0.361 e. The Morgan fingerprint density at radius 1 is 1.47 bits per heavy atom. The third-order valence-electron chi connectivity index (χ3n) is 2.77. The second-order valence-electron chi connectivity index (χ2n) is 4.87. The van der Waals surface area contributed by atoms with E-state index in [0.717, 1.165) is 0 Å². The van der Waals surface area contributed by atoms with Crippen molar-refractivity contribution >= 4 is 9.84 Å². The molecule has 0 unspecified atom stereocenters. The molecular weight excluding hydrogens is 212 g/mol. The summed E-state index contributed by atoms with van der Waals surface area (Å²) in [6.45, 7) is 8.52. The second kappa shape index (κ2) is 2.95. The van der Waals surface area contributed by atoms with Crippen LogP contribution in [0.5, 0.6) is 0 Å². The average molecular weight is 229 g/mol. The monoisotopic (exact) mass is 229 g/mol. The Morgan fingerprint density at radius 3 is 2.47 bits per heavy atom. The van der Waals surface area contributed by atoms with Crippen molar-refractivity contribution in [3.63, 3.8) is 0 Å². The van der Waals surface area contributed by atoms with E-state index in [1.54, 1.807) is 32.9 Å². The van der Waals surface area contributed by atoms with Crippen molar-refractivity contribution in [3.8, 4) is 0 Å². The van der Waals surface area contributed by atoms with Gasteiger partial charge in [-0.3, -0.25) is 0 Å². The van der Waals surface area contributed by atoms with Gasteiger partial charge in [0.15, 0.2) is 9.84 Å². The average Bonchev–Trinajstić information content (AvgIpc) is 2.68. The Hall–Kier alpha value is -0.610. The van der Waals surface area contributed by atoms with E-state index < -0.39 is 32.0 Å². The van der Waals surface area contributed by atoms with Crippen LogP contribution in [0.3, 0.4) is 0 Å². The minimum atomic E-state index is -3.66. The quantitative estimate of drug-likeness (QED) is 0.639. The molecule has 0 aromatic carbocycles. The predicted molar refractivity (Wildman–Crippen MR) is 59.4 cm³/mol. The van der Waals surface area contributed by atoms with Crippen LogP contribution in [0.15, 0.2) is 24.3 Å². The smallest absolute Gasteiger partial charge is 0.164 e. The summed E-state index contributed by atoms with van der Waals surface area (Å²) in [5, 5.41) is -1.73. The molecular formula is C11H16O3S. The van der Waals surface area contributed by atoms with Gasteiger partial charge in [0.25, 0.3) is 0 Å². The van der Waals surface area contributed by atoms with Crippen LogP contribution in [0.1, 0.15) is 22.1 Å². The Morgan fingerprint density at radius 2 is 2.07 bits per heavy atom. The van der Waals surface area contributed by atoms with Crippen LogP contribution in [-0.4, -0.2) is 30.6 Å². The lowest BCUT2D eigenvalue weighted by Crippen LogP contribution is -2.42. The van der Waals surface area contributed by atoms with Crippen molar-refractivity contribution < 1.29 is 14.5 Å². The van der Waals surface area contributed by atoms with Gasteiger partial charge in [0.05, 0.1) is 18.3 Å². The Kier molecular flexibility index (Phi) is 1.89. The van der Waals surface area contributed by atoms with E-state index >= 15 is 0 Å². The van der Waals surface area contributed by atoms with Crippen LogP contribution in [0, 0.1) is 0 Å². The van der Waals surface area contributed by atoms with Gasteiger partial charge in [-0.15, -0.1) is 0 Å². The molecule has 0 aromatic heterocycles. The molecule has 0 amide bonds. The zero-order chi connectivity index (χ0) is 12.4. The van der Waals surface area contributed by atoms with Crippen LogP contribution in [-0.2, 0) is 14.6 Å². The summed E-state index contributed by atoms with van der Waals surface area (Å²) < 4.78 is 37.5. The third-order valence-corrected chi connectivity index (χ3v) is 5.45. The van der Waals surface area contributed by atoms with Gasteiger partial charge < -0.3 is 4.74 Å². The van der Waals surface area contributed by atoms with Crippen LogP contribution in [0.25, 0.3) is 0 Å². The highest BCUT2D eigenvalue weighted by Crippen LogP contribution is 2.40. The molecule has 0 aliphatic carbocycles. The van der Waals surface area contributed by atoms with E-state index in [1.807, 2.05) is 0 Å². The highest BCUT2D eigenvalue weighted by molar-refractivity contribution is 7.93. The van der Waals surface area contributed by atoms with Crippen LogP contribution >= 0.6 is 0 Å². The molecule has 3 nitrogen and oxygen atoms in total. The van der Waals surface area contributed by atoms with Gasteiger partial charge in [-0.1, -0.05) is 18.7 Å². The minimum absolute atomic E-state index is 0.329. The summed E-state index contributed by atoms with van der Waals surface area (Å²) in [5.41, 5.74) is 0.329. The lowest BCUT2D eigenvalue weighted by molar-refractivity contribution is 0.128. The first-order chi connectivity index (χ1) is 7.12. The molecule has 0 radical (unpaired) electrons. The lowest BCUT2D eigenvalue weighted by Gasteiger charge is -2.27. The fraction of sp³-hybridized carbons (Fsp3) is 0.636. The molecule has 1 saturated heterocycles. The first-order valence-corrected chi connectivity index (χ1v) is 6.38. The molecule has 2 heterocycles. The molecule has 2 aliphatic heterocycles. The van der Waals surface area contributed by atoms with Crippen LogP contribution < -0.4 is 0 Å². The van der Waals surface area contributed by atoms with Crippen molar-refractivity contribution in [2.45, 2.75) is 43.0 Å². The predicted octanol–water partition coefficient (Wildman–Crippen LogP) is 1.46. The number of ether oxygens (including phenoxy) is 1. The summed E-state index contributed by atoms with van der Waals surface area (Å²) in [7, 11) is -3.66. The van der Waals surface area contributed by atoms with Gasteiger partial charge in [-0.25, -0.2) is 8.42 Å². The SMILES string of the molecule is [2H][C@@]1(S(=O)(=O)C(C)(C)C)C(=C)[C@H]2C=C[C@@H]1O2. The summed E-state index contributed by atoms with van der Waals surface area (Å²) >= 11 is 0. The topological polar surface area (TPSA) is 43.4 Å². The van der Waals surface area contributed by atoms with Crippen molar-refractivity contribution in [3.05, 3.63) is 24.3 Å². The molecule has 15 heavy (non-hydrogen) atoms. The fourth-order valence-corrected chi connectivity index (χ4v) is 3.34. The molecule has 2 bridgehead atoms. The van der Waals surface area contributed by atoms with Crippen LogP contribution in [0.2, 0.25) is 0 Å². The Bertz CT molecular complexity index is 472. The van der Waals surface area contributed by atoms with E-state index in [-0.39, 0.29) is 0 Å². The molecule has 2 aliphatic rings. The van der Waals surface area contributed by atoms with Crippen LogP contribution in [0.4, 0.5) is 0 Å². The van der Waals surface area contributed by atoms with Crippen molar-refractivity contribution in [1.82, 2.24) is 0 Å². The maximum absolute atomic E-state index is 12.4. The number of sulfone groups is 1. The summed E-state index contributed by atoms with van der Waals surface area (Å²) in [5.74, 6) is 0. The molecule has 0 aromatic rings. The van der Waals surface area contributed by atoms with E-state index in [9.17, 15) is 8.42 Å². The second-order valence-corrected chi connectivity index (χ2v) is 7.54. The Balaban J connectivity index is 2.58. The van der Waals surface area contributed by atoms with Gasteiger partial charge in [0.1, 0.15) is 5.23 Å². The molecule has 0 N–H and O–H groups in total. The zero-order valence-electron chi connectivity index (χ0n) is 10.1. The summed E-state index contributed by atoms with van der Waals surface area (Å²) in [6.07, 6.45) is 2.28. The highest BCUT2D eigenvalue weighted by atomic mass is 32.2. The Labute approximate surface area is 92.1 Å². The fourth-order valence-electron chi connectivity index (χ4n) is 1.78. The molecule has 1 fully saturated rings. The summed E-state index contributed by atoms with van der Waals surface area (Å²) in [4.78, 5) is 0. The standard InChI is InChI=1S/C11H16O3S/c1-7-8-5-6-9(14-8)10(7)15(12,13)11(2,3)4/h5-6,8-10H,1H2,2-4H3/t8-,9+,10-/m1/s1/i10D. The maximum Gasteiger partial charge on any atom is 0.164 e. The third kappa shape index (κ3) is 1.39. The number of rotatable bonds is 1. The molecule has 3 atom stereocenters. The molecule has 4 heteroatoms. The highest BCUT2D eigenvalue weighted by Gasteiger charge is 2.51. The van der Waals surface area contributed by atoms with E-state index in [0.29, 0.717) is 5.57 Å². The van der Waals surface area contributed by atoms with E-state index in [4.69, 9.17) is 6.11 Å². The number of hydrogen-bond acceptors (Lipinski definition) is 3.